The van der Waals surface area contributed by atoms with Gasteiger partial charge in [0, 0.05) is 0 Å². The summed E-state index contributed by atoms with van der Waals surface area (Å²) in [5, 5.41) is 18.7. The average Bonchev–Trinajstić information content (AvgIpc) is 2.15. The van der Waals surface area contributed by atoms with E-state index in [2.05, 4.69) is 6.07 Å². The van der Waals surface area contributed by atoms with Gasteiger partial charge in [0.2, 0.25) is 0 Å². The molecule has 0 heterocycles. The molecule has 2 nitrogen and oxygen atoms in total. The van der Waals surface area contributed by atoms with Crippen molar-refractivity contribution in [2.75, 3.05) is 0 Å². The molecule has 0 saturated carbocycles. The van der Waals surface area contributed by atoms with Gasteiger partial charge in [-0.3, -0.25) is 0 Å². The molecule has 1 aromatic carbocycles. The third kappa shape index (κ3) is 2.34. The summed E-state index contributed by atoms with van der Waals surface area (Å²) in [7, 11) is 0. The minimum absolute atomic E-state index is 0.200. The Hall–Kier alpha value is -1.33. The van der Waals surface area contributed by atoms with Crippen LogP contribution in [0.3, 0.4) is 0 Å². The first-order chi connectivity index (χ1) is 6.45. The van der Waals surface area contributed by atoms with E-state index >= 15 is 0 Å². The number of nitrogens with zero attached hydrogens (tertiary/aromatic N) is 1. The average molecular weight is 189 g/mol. The molecule has 0 unspecified atom stereocenters. The first-order valence-electron chi connectivity index (χ1n) is 4.63. The number of hydrogen-bond donors (Lipinski definition) is 1. The number of rotatable bonds is 1. The van der Waals surface area contributed by atoms with E-state index in [1.165, 1.54) is 0 Å². The van der Waals surface area contributed by atoms with Gasteiger partial charge in [0.15, 0.2) is 0 Å². The molecule has 0 saturated heterocycles. The largest absolute Gasteiger partial charge is 0.388 e. The van der Waals surface area contributed by atoms with Gasteiger partial charge in [-0.25, -0.2) is 0 Å². The van der Waals surface area contributed by atoms with Crippen LogP contribution in [0.4, 0.5) is 0 Å². The molecule has 1 atom stereocenters. The van der Waals surface area contributed by atoms with Gasteiger partial charge in [-0.05, 0) is 23.1 Å². The van der Waals surface area contributed by atoms with E-state index in [9.17, 15) is 5.11 Å². The van der Waals surface area contributed by atoms with Crippen LogP contribution in [0.15, 0.2) is 24.3 Å². The lowest BCUT2D eigenvalue weighted by Gasteiger charge is -2.26. The molecule has 1 aromatic rings. The normalized spacial score (nSPS) is 13.4. The SMILES string of the molecule is CC(C)(C)[C@@H](O)c1cccc(C#N)c1. The smallest absolute Gasteiger partial charge is 0.0991 e. The molecule has 2 heteroatoms. The predicted octanol–water partition coefficient (Wildman–Crippen LogP) is 2.64. The van der Waals surface area contributed by atoms with Crippen molar-refractivity contribution in [3.05, 3.63) is 35.4 Å². The van der Waals surface area contributed by atoms with Crippen molar-refractivity contribution in [1.29, 1.82) is 5.26 Å². The molecule has 0 radical (unpaired) electrons. The number of benzene rings is 1. The van der Waals surface area contributed by atoms with Crippen LogP contribution < -0.4 is 0 Å². The Balaban J connectivity index is 3.03. The fourth-order valence-corrected chi connectivity index (χ4v) is 1.28. The van der Waals surface area contributed by atoms with Gasteiger partial charge in [0.1, 0.15) is 0 Å². The highest BCUT2D eigenvalue weighted by Crippen LogP contribution is 2.32. The lowest BCUT2D eigenvalue weighted by Crippen LogP contribution is -2.17. The summed E-state index contributed by atoms with van der Waals surface area (Å²) in [6.45, 7) is 5.91. The highest BCUT2D eigenvalue weighted by Gasteiger charge is 2.23. The molecule has 0 bridgehead atoms. The summed E-state index contributed by atoms with van der Waals surface area (Å²) in [6.07, 6.45) is -0.532. The molecular formula is C12H15NO. The number of aliphatic hydroxyl groups is 1. The van der Waals surface area contributed by atoms with Gasteiger partial charge in [-0.2, -0.15) is 5.26 Å². The first-order valence-corrected chi connectivity index (χ1v) is 4.63. The molecule has 0 aromatic heterocycles. The van der Waals surface area contributed by atoms with Crippen LogP contribution in [0, 0.1) is 16.7 Å². The maximum Gasteiger partial charge on any atom is 0.0991 e. The Morgan fingerprint density at radius 1 is 1.36 bits per heavy atom. The topological polar surface area (TPSA) is 44.0 Å². The van der Waals surface area contributed by atoms with Crippen molar-refractivity contribution >= 4 is 0 Å². The summed E-state index contributed by atoms with van der Waals surface area (Å²) in [4.78, 5) is 0. The minimum Gasteiger partial charge on any atom is -0.388 e. The molecule has 0 amide bonds. The van der Waals surface area contributed by atoms with Crippen molar-refractivity contribution in [2.45, 2.75) is 26.9 Å². The van der Waals surface area contributed by atoms with E-state index in [0.29, 0.717) is 5.56 Å². The standard InChI is InChI=1S/C12H15NO/c1-12(2,3)11(14)10-6-4-5-9(7-10)8-13/h4-7,11,14H,1-3H3/t11-/m0/s1. The van der Waals surface area contributed by atoms with Gasteiger partial charge in [0.05, 0.1) is 17.7 Å². The second kappa shape index (κ2) is 3.81. The van der Waals surface area contributed by atoms with Crippen molar-refractivity contribution in [1.82, 2.24) is 0 Å². The van der Waals surface area contributed by atoms with E-state index in [4.69, 9.17) is 5.26 Å². The van der Waals surface area contributed by atoms with Crippen LogP contribution in [0.25, 0.3) is 0 Å². The maximum atomic E-state index is 9.97. The zero-order valence-electron chi connectivity index (χ0n) is 8.78. The highest BCUT2D eigenvalue weighted by atomic mass is 16.3. The highest BCUT2D eigenvalue weighted by molar-refractivity contribution is 5.34. The fraction of sp³-hybridized carbons (Fsp3) is 0.417. The summed E-state index contributed by atoms with van der Waals surface area (Å²) in [5.74, 6) is 0. The molecule has 0 aliphatic rings. The maximum absolute atomic E-state index is 9.97. The zero-order valence-corrected chi connectivity index (χ0v) is 8.78. The van der Waals surface area contributed by atoms with Gasteiger partial charge in [-0.15, -0.1) is 0 Å². The van der Waals surface area contributed by atoms with Gasteiger partial charge in [0.25, 0.3) is 0 Å². The molecule has 0 aliphatic heterocycles. The van der Waals surface area contributed by atoms with Crippen LogP contribution >= 0.6 is 0 Å². The summed E-state index contributed by atoms with van der Waals surface area (Å²) >= 11 is 0. The second-order valence-corrected chi connectivity index (χ2v) is 4.51. The molecule has 14 heavy (non-hydrogen) atoms. The third-order valence-electron chi connectivity index (χ3n) is 2.15. The van der Waals surface area contributed by atoms with Crippen LogP contribution in [0.5, 0.6) is 0 Å². The van der Waals surface area contributed by atoms with E-state index in [1.807, 2.05) is 26.8 Å². The number of nitriles is 1. The molecule has 1 rings (SSSR count). The Labute approximate surface area is 84.8 Å². The first kappa shape index (κ1) is 10.7. The predicted molar refractivity (Wildman–Crippen MR) is 55.6 cm³/mol. The van der Waals surface area contributed by atoms with Gasteiger partial charge >= 0.3 is 0 Å². The van der Waals surface area contributed by atoms with Crippen LogP contribution in [0.2, 0.25) is 0 Å². The molecule has 0 fully saturated rings. The monoisotopic (exact) mass is 189 g/mol. The zero-order chi connectivity index (χ0) is 10.8. The van der Waals surface area contributed by atoms with Crippen molar-refractivity contribution in [3.63, 3.8) is 0 Å². The molecular weight excluding hydrogens is 174 g/mol. The van der Waals surface area contributed by atoms with Crippen LogP contribution in [-0.2, 0) is 0 Å². The van der Waals surface area contributed by atoms with Gasteiger partial charge in [-0.1, -0.05) is 32.9 Å². The molecule has 74 valence electrons. The quantitative estimate of drug-likeness (QED) is 0.738. The number of aliphatic hydroxyl groups excluding tert-OH is 1. The van der Waals surface area contributed by atoms with Crippen molar-refractivity contribution in [3.8, 4) is 6.07 Å². The van der Waals surface area contributed by atoms with Crippen LogP contribution in [0.1, 0.15) is 38.0 Å². The Bertz CT molecular complexity index is 357. The lowest BCUT2D eigenvalue weighted by atomic mass is 9.84. The minimum atomic E-state index is -0.532. The van der Waals surface area contributed by atoms with Crippen LogP contribution in [-0.4, -0.2) is 5.11 Å². The summed E-state index contributed by atoms with van der Waals surface area (Å²) in [5.41, 5.74) is 1.19. The Morgan fingerprint density at radius 2 is 2.00 bits per heavy atom. The third-order valence-corrected chi connectivity index (χ3v) is 2.15. The van der Waals surface area contributed by atoms with E-state index in [-0.39, 0.29) is 5.41 Å². The second-order valence-electron chi connectivity index (χ2n) is 4.51. The Kier molecular flexibility index (Phi) is 2.93. The van der Waals surface area contributed by atoms with Gasteiger partial charge < -0.3 is 5.11 Å². The lowest BCUT2D eigenvalue weighted by molar-refractivity contribution is 0.0626. The van der Waals surface area contributed by atoms with Crippen molar-refractivity contribution in [2.24, 2.45) is 5.41 Å². The fourth-order valence-electron chi connectivity index (χ4n) is 1.28. The molecule has 0 aliphatic carbocycles. The number of hydrogen-bond acceptors (Lipinski definition) is 2. The summed E-state index contributed by atoms with van der Waals surface area (Å²) in [6, 6.07) is 9.17. The van der Waals surface area contributed by atoms with E-state index < -0.39 is 6.10 Å². The Morgan fingerprint density at radius 3 is 2.50 bits per heavy atom. The van der Waals surface area contributed by atoms with E-state index in [1.54, 1.807) is 18.2 Å². The van der Waals surface area contributed by atoms with Crippen molar-refractivity contribution < 1.29 is 5.11 Å². The summed E-state index contributed by atoms with van der Waals surface area (Å²) < 4.78 is 0. The van der Waals surface area contributed by atoms with E-state index in [0.717, 1.165) is 5.56 Å². The molecule has 0 spiro atoms. The molecule has 1 N–H and O–H groups in total.